The second-order valence-corrected chi connectivity index (χ2v) is 8.89. The van der Waals surface area contributed by atoms with Gasteiger partial charge in [-0.2, -0.15) is 0 Å². The molecule has 0 fully saturated rings. The Labute approximate surface area is 224 Å². The number of nitrogens with one attached hydrogen (secondary N) is 3. The van der Waals surface area contributed by atoms with Crippen molar-refractivity contribution in [3.8, 4) is 5.75 Å². The fourth-order valence-electron chi connectivity index (χ4n) is 3.48. The van der Waals surface area contributed by atoms with Crippen molar-refractivity contribution >= 4 is 35.6 Å². The average molecular weight is 553 g/mol. The van der Waals surface area contributed by atoms with Gasteiger partial charge in [0, 0.05) is 12.8 Å². The highest BCUT2D eigenvalue weighted by molar-refractivity contribution is 5.95. The van der Waals surface area contributed by atoms with Crippen molar-refractivity contribution < 1.29 is 44.1 Å². The number of carboxylic acids is 2. The van der Waals surface area contributed by atoms with Crippen molar-refractivity contribution in [2.24, 2.45) is 17.2 Å². The summed E-state index contributed by atoms with van der Waals surface area (Å²) in [6.45, 7) is 0.407. The Morgan fingerprint density at radius 1 is 0.795 bits per heavy atom. The standard InChI is InChI=1S/C24H36N6O9/c25-10-2-1-3-15(26)21(35)28-16(8-9-20(33)34)22(36)29-17(11-13-4-6-14(31)7-5-13)23(37)30-18(24(38)39)12-19(27)32/h4-7,15-18,31H,1-3,8-12,25-26H2,(H2,27,32)(H,28,35)(H,29,36)(H,30,37)(H,33,34)(H,38,39). The molecule has 0 bridgehead atoms. The molecular formula is C24H36N6O9. The third-order valence-corrected chi connectivity index (χ3v) is 5.61. The zero-order chi connectivity index (χ0) is 29.5. The summed E-state index contributed by atoms with van der Waals surface area (Å²) in [7, 11) is 0. The maximum Gasteiger partial charge on any atom is 0.326 e. The summed E-state index contributed by atoms with van der Waals surface area (Å²) in [6, 6.07) is 0.126. The number of phenols is 1. The van der Waals surface area contributed by atoms with Gasteiger partial charge in [-0.3, -0.25) is 24.0 Å². The quantitative estimate of drug-likeness (QED) is 0.0871. The first-order chi connectivity index (χ1) is 18.3. The van der Waals surface area contributed by atoms with Crippen LogP contribution in [0.3, 0.4) is 0 Å². The SMILES string of the molecule is NCCCCC(N)C(=O)NC(CCC(=O)O)C(=O)NC(Cc1ccc(O)cc1)C(=O)NC(CC(N)=O)C(=O)O. The number of benzene rings is 1. The molecule has 4 atom stereocenters. The summed E-state index contributed by atoms with van der Waals surface area (Å²) in [5.41, 5.74) is 16.8. The largest absolute Gasteiger partial charge is 0.508 e. The van der Waals surface area contributed by atoms with E-state index >= 15 is 0 Å². The lowest BCUT2D eigenvalue weighted by Gasteiger charge is -2.25. The molecule has 1 aromatic carbocycles. The van der Waals surface area contributed by atoms with Gasteiger partial charge >= 0.3 is 11.9 Å². The Morgan fingerprint density at radius 3 is 1.90 bits per heavy atom. The van der Waals surface area contributed by atoms with Gasteiger partial charge in [0.05, 0.1) is 12.5 Å². The number of rotatable bonds is 18. The molecular weight excluding hydrogens is 516 g/mol. The van der Waals surface area contributed by atoms with Crippen LogP contribution in [0.15, 0.2) is 24.3 Å². The predicted octanol–water partition coefficient (Wildman–Crippen LogP) is -2.33. The molecule has 39 heavy (non-hydrogen) atoms. The van der Waals surface area contributed by atoms with E-state index in [1.54, 1.807) is 0 Å². The number of carboxylic acid groups (broad SMARTS) is 2. The molecule has 0 aliphatic heterocycles. The zero-order valence-corrected chi connectivity index (χ0v) is 21.3. The number of nitrogens with two attached hydrogens (primary N) is 3. The topological polar surface area (TPSA) is 277 Å². The van der Waals surface area contributed by atoms with Crippen LogP contribution in [0.1, 0.15) is 44.1 Å². The van der Waals surface area contributed by atoms with E-state index in [2.05, 4.69) is 16.0 Å². The smallest absolute Gasteiger partial charge is 0.326 e. The van der Waals surface area contributed by atoms with Crippen molar-refractivity contribution in [2.75, 3.05) is 6.54 Å². The molecule has 4 amide bonds. The minimum atomic E-state index is -1.68. The monoisotopic (exact) mass is 552 g/mol. The average Bonchev–Trinajstić information content (AvgIpc) is 2.86. The maximum absolute atomic E-state index is 13.1. The molecule has 0 spiro atoms. The normalized spacial score (nSPS) is 13.8. The first-order valence-corrected chi connectivity index (χ1v) is 12.2. The molecule has 0 heterocycles. The van der Waals surface area contributed by atoms with Gasteiger partial charge in [-0.1, -0.05) is 18.6 Å². The molecule has 216 valence electrons. The van der Waals surface area contributed by atoms with Crippen LogP contribution in [-0.4, -0.2) is 81.6 Å². The second kappa shape index (κ2) is 16.6. The van der Waals surface area contributed by atoms with Crippen LogP contribution in [-0.2, 0) is 35.2 Å². The Balaban J connectivity index is 3.15. The van der Waals surface area contributed by atoms with Gasteiger partial charge in [0.1, 0.15) is 23.9 Å². The molecule has 0 aliphatic rings. The first-order valence-electron chi connectivity index (χ1n) is 12.2. The van der Waals surface area contributed by atoms with E-state index in [1.165, 1.54) is 24.3 Å². The molecule has 0 aliphatic carbocycles. The van der Waals surface area contributed by atoms with Crippen LogP contribution >= 0.6 is 0 Å². The highest BCUT2D eigenvalue weighted by Gasteiger charge is 2.31. The third-order valence-electron chi connectivity index (χ3n) is 5.61. The molecule has 1 rings (SSSR count). The van der Waals surface area contributed by atoms with Crippen molar-refractivity contribution in [3.05, 3.63) is 29.8 Å². The maximum atomic E-state index is 13.1. The molecule has 12 N–H and O–H groups in total. The summed E-state index contributed by atoms with van der Waals surface area (Å²) in [6.07, 6.45) is -0.240. The van der Waals surface area contributed by atoms with E-state index in [-0.39, 0.29) is 25.0 Å². The van der Waals surface area contributed by atoms with Crippen molar-refractivity contribution in [3.63, 3.8) is 0 Å². The number of primary amides is 1. The van der Waals surface area contributed by atoms with E-state index in [0.717, 1.165) is 0 Å². The minimum absolute atomic E-state index is 0.0598. The lowest BCUT2D eigenvalue weighted by molar-refractivity contribution is -0.143. The van der Waals surface area contributed by atoms with Crippen LogP contribution in [0.4, 0.5) is 0 Å². The van der Waals surface area contributed by atoms with Crippen molar-refractivity contribution in [1.82, 2.24) is 16.0 Å². The van der Waals surface area contributed by atoms with Gasteiger partial charge in [-0.15, -0.1) is 0 Å². The first kappa shape index (κ1) is 32.8. The highest BCUT2D eigenvalue weighted by atomic mass is 16.4. The Morgan fingerprint density at radius 2 is 1.36 bits per heavy atom. The summed E-state index contributed by atoms with van der Waals surface area (Å²) in [5, 5.41) is 34.9. The zero-order valence-electron chi connectivity index (χ0n) is 21.3. The molecule has 0 radical (unpaired) electrons. The van der Waals surface area contributed by atoms with Crippen LogP contribution in [0, 0.1) is 0 Å². The lowest BCUT2D eigenvalue weighted by atomic mass is 10.0. The van der Waals surface area contributed by atoms with Gasteiger partial charge in [-0.05, 0) is 43.5 Å². The second-order valence-electron chi connectivity index (χ2n) is 8.89. The van der Waals surface area contributed by atoms with Gasteiger partial charge < -0.3 is 48.5 Å². The van der Waals surface area contributed by atoms with E-state index in [9.17, 15) is 39.0 Å². The molecule has 0 saturated carbocycles. The number of hydrogen-bond acceptors (Lipinski definition) is 9. The molecule has 15 heteroatoms. The molecule has 0 saturated heterocycles. The number of phenolic OH excluding ortho intramolecular Hbond substituents is 1. The number of amides is 4. The summed E-state index contributed by atoms with van der Waals surface area (Å²) < 4.78 is 0. The van der Waals surface area contributed by atoms with Crippen LogP contribution < -0.4 is 33.2 Å². The molecule has 1 aromatic rings. The summed E-state index contributed by atoms with van der Waals surface area (Å²) in [4.78, 5) is 72.6. The van der Waals surface area contributed by atoms with E-state index in [4.69, 9.17) is 22.3 Å². The van der Waals surface area contributed by atoms with Gasteiger partial charge in [0.15, 0.2) is 0 Å². The number of hydrogen-bond donors (Lipinski definition) is 9. The fourth-order valence-corrected chi connectivity index (χ4v) is 3.48. The number of aliphatic carboxylic acids is 2. The number of carbonyl (C=O) groups is 6. The van der Waals surface area contributed by atoms with Crippen molar-refractivity contribution in [2.45, 2.75) is 69.1 Å². The van der Waals surface area contributed by atoms with Crippen LogP contribution in [0.25, 0.3) is 0 Å². The predicted molar refractivity (Wildman–Crippen MR) is 137 cm³/mol. The lowest BCUT2D eigenvalue weighted by Crippen LogP contribution is -2.58. The number of aromatic hydroxyl groups is 1. The third kappa shape index (κ3) is 12.7. The van der Waals surface area contributed by atoms with E-state index in [0.29, 0.717) is 24.9 Å². The minimum Gasteiger partial charge on any atom is -0.508 e. The van der Waals surface area contributed by atoms with E-state index in [1.807, 2.05) is 0 Å². The van der Waals surface area contributed by atoms with Gasteiger partial charge in [-0.25, -0.2) is 4.79 Å². The van der Waals surface area contributed by atoms with Crippen LogP contribution in [0.5, 0.6) is 5.75 Å². The molecule has 4 unspecified atom stereocenters. The summed E-state index contributed by atoms with van der Waals surface area (Å²) >= 11 is 0. The number of carbonyl (C=O) groups excluding carboxylic acids is 4. The fraction of sp³-hybridized carbons (Fsp3) is 0.500. The Bertz CT molecular complexity index is 1020. The molecule has 15 nitrogen and oxygen atoms in total. The van der Waals surface area contributed by atoms with Crippen LogP contribution in [0.2, 0.25) is 0 Å². The Hall–Kier alpha value is -4.24. The van der Waals surface area contributed by atoms with E-state index < -0.39 is 72.6 Å². The van der Waals surface area contributed by atoms with Crippen molar-refractivity contribution in [1.29, 1.82) is 0 Å². The van der Waals surface area contributed by atoms with Gasteiger partial charge in [0.2, 0.25) is 23.6 Å². The summed E-state index contributed by atoms with van der Waals surface area (Å²) in [5.74, 6) is -6.41. The highest BCUT2D eigenvalue weighted by Crippen LogP contribution is 2.12. The van der Waals surface area contributed by atoms with Gasteiger partial charge in [0.25, 0.3) is 0 Å². The number of unbranched alkanes of at least 4 members (excludes halogenated alkanes) is 1. The Kier molecular flexibility index (Phi) is 13.9. The molecule has 0 aromatic heterocycles.